The fraction of sp³-hybridized carbons (Fsp3) is 0.885. The summed E-state index contributed by atoms with van der Waals surface area (Å²) in [4.78, 5) is 58.1. The van der Waals surface area contributed by atoms with Gasteiger partial charge in [-0.2, -0.15) is 0 Å². The lowest BCUT2D eigenvalue weighted by molar-refractivity contribution is -0.183. The molecule has 0 radical (unpaired) electrons. The number of carbonyl (C=O) groups excluding carboxylic acids is 5. The molecule has 12 heteroatoms. The molecular formula is C61H98O11Si. The highest BCUT2D eigenvalue weighted by molar-refractivity contribution is 6.74. The molecule has 16 atom stereocenters. The summed E-state index contributed by atoms with van der Waals surface area (Å²) in [6.07, 6.45) is 17.9. The minimum Gasteiger partial charge on any atom is -0.390 e. The summed E-state index contributed by atoms with van der Waals surface area (Å²) in [5, 5.41) is 19.6. The zero-order valence-corrected chi connectivity index (χ0v) is 49.7. The minimum atomic E-state index is -2.42. The second-order valence-electron chi connectivity index (χ2n) is 32.6. The molecule has 0 aromatic heterocycles. The van der Waals surface area contributed by atoms with Crippen LogP contribution in [0.4, 0.5) is 0 Å². The lowest BCUT2D eigenvalue weighted by Gasteiger charge is -2.48. The van der Waals surface area contributed by atoms with Crippen molar-refractivity contribution in [1.82, 2.24) is 0 Å². The Hall–Kier alpha value is -1.93. The molecular weight excluding hydrogens is 937 g/mol. The molecule has 2 N–H and O–H groups in total. The molecule has 0 amide bonds. The molecule has 0 unspecified atom stereocenters. The maximum absolute atomic E-state index is 12.2. The van der Waals surface area contributed by atoms with E-state index in [9.17, 15) is 34.2 Å². The van der Waals surface area contributed by atoms with Crippen LogP contribution in [0.1, 0.15) is 234 Å². The van der Waals surface area contributed by atoms with Crippen molar-refractivity contribution in [2.45, 2.75) is 286 Å². The maximum Gasteiger partial charge on any atom is 0.350 e. The molecule has 412 valence electrons. The van der Waals surface area contributed by atoms with E-state index in [4.69, 9.17) is 18.3 Å². The molecule has 2 saturated heterocycles. The standard InChI is InChI=1S/C18H32O3Si.C13H20O3.C10H16O3.C10H16O.C10H14O/c1-15(2,3)22(16(4,5)6)20-13-14(21-22)18(8)10-12(19)9-17(13,7)11-18;1-11(2)15-9-10(16-11)13(4)6-8(14)5-12(9,3)7-13;1-9-3-6(11)4-10(2,5-9)8(13)7(9)12;2*1-9-3-4-10(2,7-9)6-8(11)5-9/h13-14H,9-11H2,1-8H3;9-10H,5-7H2,1-4H3;7-8,12-13H,3-5H2,1-2H3;3-7H2,1-2H3;3-4H,5-7H2,1-2H3/t13-,14+,17-,18+;9-,10+,12-,13+;7-,8+,9-,10+;2*9-,10+. The third-order valence-corrected chi connectivity index (χ3v) is 25.9. The van der Waals surface area contributed by atoms with E-state index in [0.717, 1.165) is 44.9 Å². The Labute approximate surface area is 440 Å². The molecule has 11 nitrogen and oxygen atoms in total. The summed E-state index contributed by atoms with van der Waals surface area (Å²) in [5.41, 5.74) is 0.278. The van der Waals surface area contributed by atoms with E-state index in [1.165, 1.54) is 25.7 Å². The first kappa shape index (κ1) is 57.2. The molecule has 12 rings (SSSR count). The van der Waals surface area contributed by atoms with Gasteiger partial charge in [0.05, 0.1) is 36.6 Å². The van der Waals surface area contributed by atoms with Gasteiger partial charge in [0.1, 0.15) is 28.9 Å². The lowest BCUT2D eigenvalue weighted by Crippen LogP contribution is -2.56. The topological polar surface area (TPSA) is 163 Å². The minimum absolute atomic E-state index is 0.0114. The Bertz CT molecular complexity index is 2170. The summed E-state index contributed by atoms with van der Waals surface area (Å²) in [5.74, 6) is 1.38. The van der Waals surface area contributed by atoms with Gasteiger partial charge in [0.25, 0.3) is 0 Å². The second-order valence-corrected chi connectivity index (χ2v) is 37.3. The van der Waals surface area contributed by atoms with Crippen LogP contribution in [0.25, 0.3) is 0 Å². The van der Waals surface area contributed by atoms with Crippen molar-refractivity contribution in [2.24, 2.45) is 54.1 Å². The number of fused-ring (bicyclic) bond motifs is 16. The Morgan fingerprint density at radius 3 is 1.04 bits per heavy atom. The summed E-state index contributed by atoms with van der Waals surface area (Å²) < 4.78 is 25.9. The van der Waals surface area contributed by atoms with Crippen molar-refractivity contribution in [1.29, 1.82) is 0 Å². The first-order valence-corrected chi connectivity index (χ1v) is 30.1. The second kappa shape index (κ2) is 17.5. The van der Waals surface area contributed by atoms with E-state index in [0.29, 0.717) is 72.5 Å². The van der Waals surface area contributed by atoms with Crippen LogP contribution in [0, 0.1) is 54.1 Å². The number of rotatable bonds is 0. The Morgan fingerprint density at radius 1 is 0.411 bits per heavy atom. The van der Waals surface area contributed by atoms with Gasteiger partial charge in [-0.05, 0) is 80.5 Å². The number of hydrogen-bond acceptors (Lipinski definition) is 11. The highest BCUT2D eigenvalue weighted by Gasteiger charge is 2.74. The van der Waals surface area contributed by atoms with E-state index >= 15 is 0 Å². The zero-order valence-electron chi connectivity index (χ0n) is 48.7. The molecule has 9 saturated carbocycles. The van der Waals surface area contributed by atoms with Gasteiger partial charge in [-0.15, -0.1) is 0 Å². The normalized spacial score (nSPS) is 49.9. The van der Waals surface area contributed by atoms with E-state index in [1.807, 2.05) is 27.7 Å². The summed E-state index contributed by atoms with van der Waals surface area (Å²) in [6, 6.07) is 0. The van der Waals surface area contributed by atoms with Crippen LogP contribution < -0.4 is 0 Å². The first-order chi connectivity index (χ1) is 32.9. The maximum atomic E-state index is 12.2. The van der Waals surface area contributed by atoms with E-state index in [2.05, 4.69) is 109 Å². The van der Waals surface area contributed by atoms with Gasteiger partial charge in [0, 0.05) is 107 Å². The van der Waals surface area contributed by atoms with Gasteiger partial charge >= 0.3 is 8.56 Å². The highest BCUT2D eigenvalue weighted by Crippen LogP contribution is 2.68. The smallest absolute Gasteiger partial charge is 0.350 e. The molecule has 10 bridgehead atoms. The van der Waals surface area contributed by atoms with E-state index in [-0.39, 0.29) is 83.6 Å². The van der Waals surface area contributed by atoms with Gasteiger partial charge in [0.2, 0.25) is 0 Å². The third-order valence-electron chi connectivity index (χ3n) is 20.8. The van der Waals surface area contributed by atoms with Crippen molar-refractivity contribution in [3.63, 3.8) is 0 Å². The van der Waals surface area contributed by atoms with E-state index in [1.54, 1.807) is 0 Å². The zero-order chi connectivity index (χ0) is 54.6. The molecule has 10 aliphatic carbocycles. The fourth-order valence-electron chi connectivity index (χ4n) is 18.9. The van der Waals surface area contributed by atoms with Gasteiger partial charge in [-0.25, -0.2) is 0 Å². The van der Waals surface area contributed by atoms with Crippen LogP contribution in [0.2, 0.25) is 10.1 Å². The average molecular weight is 1040 g/mol. The quantitative estimate of drug-likeness (QED) is 0.175. The Balaban J connectivity index is 0.000000125. The monoisotopic (exact) mass is 1030 g/mol. The average Bonchev–Trinajstić information content (AvgIpc) is 3.97. The number of allylic oxidation sites excluding steroid dienone is 2. The summed E-state index contributed by atoms with van der Waals surface area (Å²) >= 11 is 0. The van der Waals surface area contributed by atoms with Gasteiger partial charge < -0.3 is 28.5 Å². The number of Topliss-reactive ketones (excluding diaryl/α,β-unsaturated/α-hetero) is 5. The predicted octanol–water partition coefficient (Wildman–Crippen LogP) is 12.2. The van der Waals surface area contributed by atoms with Crippen LogP contribution in [0.5, 0.6) is 0 Å². The number of hydrogen-bond donors (Lipinski definition) is 2. The van der Waals surface area contributed by atoms with Gasteiger partial charge in [-0.3, -0.25) is 24.0 Å². The highest BCUT2D eigenvalue weighted by atomic mass is 28.4. The molecule has 11 fully saturated rings. The van der Waals surface area contributed by atoms with E-state index < -0.39 is 26.6 Å². The number of ether oxygens (including phenoxy) is 2. The SMILES string of the molecule is CC(C)(C)[Si]1(C(C)(C)C)O[C@@H]2[C@H](O1)[C@@]1(C)CC(=O)C[C@]2(C)C1.CC1(C)O[C@@H]2[C@H](O1)[C@@]1(C)CC(=O)C[C@]2(C)C1.C[C@@]12CC(=O)C[C@@](C)(C1)[C@@H](O)[C@H]2O.C[C@]12C=C[C@](C)(CC(=O)C1)C2.C[C@]12CC[C@](C)(CC(=O)C1)C2. The lowest BCUT2D eigenvalue weighted by atomic mass is 9.69. The van der Waals surface area contributed by atoms with Gasteiger partial charge in [0.15, 0.2) is 5.79 Å². The van der Waals surface area contributed by atoms with Crippen LogP contribution in [-0.4, -0.2) is 90.1 Å². The van der Waals surface area contributed by atoms with Crippen molar-refractivity contribution in [3.8, 4) is 0 Å². The van der Waals surface area contributed by atoms with Crippen LogP contribution in [0.3, 0.4) is 0 Å². The molecule has 73 heavy (non-hydrogen) atoms. The van der Waals surface area contributed by atoms with Crippen molar-refractivity contribution < 1.29 is 52.5 Å². The molecule has 12 aliphatic rings. The first-order valence-electron chi connectivity index (χ1n) is 28.3. The number of aliphatic hydroxyl groups excluding tert-OH is 2. The summed E-state index contributed by atoms with van der Waals surface area (Å²) in [7, 11) is -2.42. The van der Waals surface area contributed by atoms with Crippen molar-refractivity contribution >= 4 is 37.5 Å². The van der Waals surface area contributed by atoms with Crippen LogP contribution in [-0.2, 0) is 42.3 Å². The fourth-order valence-corrected chi connectivity index (χ4v) is 24.2. The largest absolute Gasteiger partial charge is 0.390 e. The Kier molecular flexibility index (Phi) is 13.8. The van der Waals surface area contributed by atoms with Crippen molar-refractivity contribution in [2.75, 3.05) is 0 Å². The summed E-state index contributed by atoms with van der Waals surface area (Å²) in [6.45, 7) is 39.0. The molecule has 0 spiro atoms. The van der Waals surface area contributed by atoms with Crippen LogP contribution in [0.15, 0.2) is 12.2 Å². The molecule has 2 heterocycles. The third kappa shape index (κ3) is 10.2. The van der Waals surface area contributed by atoms with Gasteiger partial charge in [-0.1, -0.05) is 123 Å². The number of ketones is 5. The number of carbonyl (C=O) groups is 5. The predicted molar refractivity (Wildman–Crippen MR) is 285 cm³/mol. The Morgan fingerprint density at radius 2 is 0.699 bits per heavy atom. The van der Waals surface area contributed by atoms with Crippen molar-refractivity contribution in [3.05, 3.63) is 12.2 Å². The molecule has 0 aromatic rings. The number of aliphatic hydroxyl groups is 2. The molecule has 0 aromatic carbocycles. The van der Waals surface area contributed by atoms with Crippen LogP contribution >= 0.6 is 0 Å². The molecule has 2 aliphatic heterocycles.